The topological polar surface area (TPSA) is 78.6 Å². The Hall–Kier alpha value is -1.66. The van der Waals surface area contributed by atoms with Gasteiger partial charge in [-0.05, 0) is 30.9 Å². The maximum Gasteiger partial charge on any atom is 0.292 e. The van der Waals surface area contributed by atoms with Crippen molar-refractivity contribution in [2.75, 3.05) is 25.0 Å². The van der Waals surface area contributed by atoms with Gasteiger partial charge in [-0.3, -0.25) is 15.0 Å². The zero-order valence-corrected chi connectivity index (χ0v) is 12.6. The Kier molecular flexibility index (Phi) is 5.14. The van der Waals surface area contributed by atoms with Crippen molar-refractivity contribution in [1.29, 1.82) is 0 Å². The molecule has 2 unspecified atom stereocenters. The van der Waals surface area contributed by atoms with E-state index < -0.39 is 0 Å². The standard InChI is InChI=1S/C15H23N3O3/c1-3-16-13-5-4-12(8-14(13)18(20)21)10-17-7-6-15(19)11(2)9-17/h4-5,8,11,15-16,19H,3,6-7,9-10H2,1-2H3. The summed E-state index contributed by atoms with van der Waals surface area (Å²) in [5.41, 5.74) is 1.63. The van der Waals surface area contributed by atoms with E-state index in [-0.39, 0.29) is 22.6 Å². The lowest BCUT2D eigenvalue weighted by Gasteiger charge is -2.34. The van der Waals surface area contributed by atoms with Crippen LogP contribution in [0, 0.1) is 16.0 Å². The predicted molar refractivity (Wildman–Crippen MR) is 82.3 cm³/mol. The minimum absolute atomic E-state index is 0.124. The number of anilines is 1. The molecule has 21 heavy (non-hydrogen) atoms. The molecule has 0 amide bonds. The lowest BCUT2D eigenvalue weighted by Crippen LogP contribution is -2.41. The maximum atomic E-state index is 11.2. The molecular weight excluding hydrogens is 270 g/mol. The van der Waals surface area contributed by atoms with Crippen LogP contribution in [-0.4, -0.2) is 40.7 Å². The van der Waals surface area contributed by atoms with Gasteiger partial charge in [0.2, 0.25) is 0 Å². The summed E-state index contributed by atoms with van der Waals surface area (Å²) in [5, 5.41) is 23.9. The van der Waals surface area contributed by atoms with Crippen LogP contribution >= 0.6 is 0 Å². The molecule has 2 atom stereocenters. The Balaban J connectivity index is 2.10. The molecule has 1 aromatic rings. The van der Waals surface area contributed by atoms with E-state index in [9.17, 15) is 15.2 Å². The lowest BCUT2D eigenvalue weighted by atomic mass is 9.96. The third kappa shape index (κ3) is 3.92. The Labute approximate surface area is 124 Å². The molecule has 1 aliphatic rings. The molecule has 116 valence electrons. The highest BCUT2D eigenvalue weighted by atomic mass is 16.6. The van der Waals surface area contributed by atoms with Crippen molar-refractivity contribution in [1.82, 2.24) is 4.90 Å². The van der Waals surface area contributed by atoms with Gasteiger partial charge in [-0.1, -0.05) is 13.0 Å². The Morgan fingerprint density at radius 1 is 1.52 bits per heavy atom. The van der Waals surface area contributed by atoms with E-state index in [0.29, 0.717) is 18.8 Å². The summed E-state index contributed by atoms with van der Waals surface area (Å²) in [4.78, 5) is 13.1. The number of aliphatic hydroxyl groups excluding tert-OH is 1. The highest BCUT2D eigenvalue weighted by molar-refractivity contribution is 5.62. The fraction of sp³-hybridized carbons (Fsp3) is 0.600. The zero-order valence-electron chi connectivity index (χ0n) is 12.6. The van der Waals surface area contributed by atoms with Crippen molar-refractivity contribution < 1.29 is 10.0 Å². The van der Waals surface area contributed by atoms with Crippen LogP contribution in [0.3, 0.4) is 0 Å². The largest absolute Gasteiger partial charge is 0.393 e. The second-order valence-corrected chi connectivity index (χ2v) is 5.71. The molecule has 6 heteroatoms. The normalized spacial score (nSPS) is 23.0. The van der Waals surface area contributed by atoms with Crippen LogP contribution in [0.5, 0.6) is 0 Å². The summed E-state index contributed by atoms with van der Waals surface area (Å²) in [7, 11) is 0. The van der Waals surface area contributed by atoms with Gasteiger partial charge in [-0.25, -0.2) is 0 Å². The number of likely N-dealkylation sites (tertiary alicyclic amines) is 1. The second kappa shape index (κ2) is 6.87. The van der Waals surface area contributed by atoms with Crippen LogP contribution < -0.4 is 5.32 Å². The van der Waals surface area contributed by atoms with Crippen LogP contribution in [0.4, 0.5) is 11.4 Å². The number of hydrogen-bond acceptors (Lipinski definition) is 5. The molecule has 1 heterocycles. The minimum atomic E-state index is -0.343. The van der Waals surface area contributed by atoms with Crippen molar-refractivity contribution in [3.05, 3.63) is 33.9 Å². The highest BCUT2D eigenvalue weighted by Gasteiger charge is 2.24. The van der Waals surface area contributed by atoms with Gasteiger partial charge in [-0.2, -0.15) is 0 Å². The molecule has 1 fully saturated rings. The molecule has 1 aromatic carbocycles. The molecule has 1 saturated heterocycles. The van der Waals surface area contributed by atoms with Crippen molar-refractivity contribution in [2.45, 2.75) is 32.9 Å². The monoisotopic (exact) mass is 293 g/mol. The molecular formula is C15H23N3O3. The van der Waals surface area contributed by atoms with Crippen molar-refractivity contribution >= 4 is 11.4 Å². The lowest BCUT2D eigenvalue weighted by molar-refractivity contribution is -0.384. The molecule has 0 aliphatic carbocycles. The van der Waals surface area contributed by atoms with Gasteiger partial charge in [0.05, 0.1) is 11.0 Å². The summed E-state index contributed by atoms with van der Waals surface area (Å²) >= 11 is 0. The molecule has 6 nitrogen and oxygen atoms in total. The van der Waals surface area contributed by atoms with Gasteiger partial charge >= 0.3 is 0 Å². The second-order valence-electron chi connectivity index (χ2n) is 5.71. The van der Waals surface area contributed by atoms with Crippen molar-refractivity contribution in [2.24, 2.45) is 5.92 Å². The number of nitrogens with one attached hydrogen (secondary N) is 1. The summed E-state index contributed by atoms with van der Waals surface area (Å²) < 4.78 is 0. The third-order valence-electron chi connectivity index (χ3n) is 3.98. The summed E-state index contributed by atoms with van der Waals surface area (Å²) in [6.45, 7) is 6.94. The Bertz CT molecular complexity index is 507. The molecule has 0 saturated carbocycles. The van der Waals surface area contributed by atoms with E-state index in [4.69, 9.17) is 0 Å². The van der Waals surface area contributed by atoms with Crippen LogP contribution in [0.25, 0.3) is 0 Å². The Morgan fingerprint density at radius 3 is 2.90 bits per heavy atom. The number of rotatable bonds is 5. The van der Waals surface area contributed by atoms with Crippen LogP contribution in [0.1, 0.15) is 25.8 Å². The number of nitro benzene ring substituents is 1. The first kappa shape index (κ1) is 15.7. The Morgan fingerprint density at radius 2 is 2.29 bits per heavy atom. The maximum absolute atomic E-state index is 11.2. The van der Waals surface area contributed by atoms with E-state index >= 15 is 0 Å². The van der Waals surface area contributed by atoms with Gasteiger partial charge in [0.1, 0.15) is 5.69 Å². The number of nitrogens with zero attached hydrogens (tertiary/aromatic N) is 2. The highest BCUT2D eigenvalue weighted by Crippen LogP contribution is 2.27. The first-order chi connectivity index (χ1) is 10.0. The van der Waals surface area contributed by atoms with Gasteiger partial charge in [0, 0.05) is 32.2 Å². The summed E-state index contributed by atoms with van der Waals surface area (Å²) in [6, 6.07) is 5.35. The van der Waals surface area contributed by atoms with Crippen LogP contribution in [0.15, 0.2) is 18.2 Å². The summed E-state index contributed by atoms with van der Waals surface area (Å²) in [5.74, 6) is 0.245. The van der Waals surface area contributed by atoms with E-state index in [1.807, 2.05) is 19.9 Å². The van der Waals surface area contributed by atoms with Gasteiger partial charge in [0.25, 0.3) is 5.69 Å². The first-order valence-electron chi connectivity index (χ1n) is 7.43. The van der Waals surface area contributed by atoms with E-state index in [1.54, 1.807) is 12.1 Å². The van der Waals surface area contributed by atoms with E-state index in [1.165, 1.54) is 0 Å². The van der Waals surface area contributed by atoms with Crippen LogP contribution in [-0.2, 0) is 6.54 Å². The quantitative estimate of drug-likeness (QED) is 0.643. The van der Waals surface area contributed by atoms with Gasteiger partial charge < -0.3 is 10.4 Å². The molecule has 2 rings (SSSR count). The van der Waals surface area contributed by atoms with Gasteiger partial charge in [-0.15, -0.1) is 0 Å². The number of nitro groups is 1. The van der Waals surface area contributed by atoms with Crippen molar-refractivity contribution in [3.8, 4) is 0 Å². The fourth-order valence-corrected chi connectivity index (χ4v) is 2.79. The smallest absolute Gasteiger partial charge is 0.292 e. The van der Waals surface area contributed by atoms with Crippen molar-refractivity contribution in [3.63, 3.8) is 0 Å². The number of hydrogen-bond donors (Lipinski definition) is 2. The SMILES string of the molecule is CCNc1ccc(CN2CCC(O)C(C)C2)cc1[N+](=O)[O-]. The minimum Gasteiger partial charge on any atom is -0.393 e. The average Bonchev–Trinajstić information content (AvgIpc) is 2.44. The number of aliphatic hydroxyl groups is 1. The molecule has 2 N–H and O–H groups in total. The zero-order chi connectivity index (χ0) is 15.4. The molecule has 1 aliphatic heterocycles. The third-order valence-corrected chi connectivity index (χ3v) is 3.98. The molecule has 0 radical (unpaired) electrons. The predicted octanol–water partition coefficient (Wildman–Crippen LogP) is 2.23. The van der Waals surface area contributed by atoms with E-state index in [2.05, 4.69) is 10.2 Å². The number of piperidine rings is 1. The number of benzene rings is 1. The first-order valence-corrected chi connectivity index (χ1v) is 7.43. The van der Waals surface area contributed by atoms with Gasteiger partial charge in [0.15, 0.2) is 0 Å². The van der Waals surface area contributed by atoms with E-state index in [0.717, 1.165) is 25.1 Å². The molecule has 0 aromatic heterocycles. The average molecular weight is 293 g/mol. The molecule has 0 spiro atoms. The molecule has 0 bridgehead atoms. The fourth-order valence-electron chi connectivity index (χ4n) is 2.79. The van der Waals surface area contributed by atoms with Crippen LogP contribution in [0.2, 0.25) is 0 Å². The summed E-state index contributed by atoms with van der Waals surface area (Å²) in [6.07, 6.45) is 0.533.